The molecule has 4 atom stereocenters. The average Bonchev–Trinajstić information content (AvgIpc) is 4.08. The molecule has 5 heterocycles. The molecule has 2 saturated heterocycles. The van der Waals surface area contributed by atoms with Crippen LogP contribution >= 0.6 is 0 Å². The van der Waals surface area contributed by atoms with Crippen LogP contribution in [0.2, 0.25) is 0 Å². The second-order valence-electron chi connectivity index (χ2n) is 15.6. The lowest BCUT2D eigenvalue weighted by Crippen LogP contribution is -2.40. The number of carbonyl (C=O) groups is 2. The van der Waals surface area contributed by atoms with Gasteiger partial charge in [-0.05, 0) is 95.3 Å². The van der Waals surface area contributed by atoms with E-state index < -0.39 is 0 Å². The lowest BCUT2D eigenvalue weighted by Gasteiger charge is -2.31. The summed E-state index contributed by atoms with van der Waals surface area (Å²) >= 11 is 0. The molecular formula is C46H51N9O3. The van der Waals surface area contributed by atoms with Crippen molar-refractivity contribution in [2.24, 2.45) is 0 Å². The van der Waals surface area contributed by atoms with Crippen LogP contribution in [0, 0.1) is 0 Å². The maximum absolute atomic E-state index is 14.0. The fraction of sp³-hybridized carbons (Fsp3) is 0.326. The predicted octanol–water partition coefficient (Wildman–Crippen LogP) is 7.47. The molecule has 0 radical (unpaired) electrons. The van der Waals surface area contributed by atoms with Gasteiger partial charge in [0.25, 0.3) is 0 Å². The normalized spacial score (nSPS) is 17.9. The number of imidazole rings is 2. The van der Waals surface area contributed by atoms with E-state index in [0.29, 0.717) is 18.8 Å². The summed E-state index contributed by atoms with van der Waals surface area (Å²) in [6.07, 6.45) is 9.02. The van der Waals surface area contributed by atoms with Gasteiger partial charge in [0, 0.05) is 36.0 Å². The van der Waals surface area contributed by atoms with Crippen molar-refractivity contribution in [1.29, 1.82) is 0 Å². The third-order valence-corrected chi connectivity index (χ3v) is 11.5. The first kappa shape index (κ1) is 38.7. The van der Waals surface area contributed by atoms with E-state index in [-0.39, 0.29) is 36.0 Å². The number of pyridine rings is 1. The van der Waals surface area contributed by atoms with Gasteiger partial charge in [-0.25, -0.2) is 9.97 Å². The molecule has 0 bridgehead atoms. The smallest absolute Gasteiger partial charge is 0.245 e. The first-order valence-electron chi connectivity index (χ1n) is 20.0. The van der Waals surface area contributed by atoms with E-state index in [4.69, 9.17) is 19.7 Å². The number of nitrogens with one attached hydrogen (secondary N) is 2. The van der Waals surface area contributed by atoms with E-state index in [1.165, 1.54) is 0 Å². The van der Waals surface area contributed by atoms with Gasteiger partial charge in [0.2, 0.25) is 11.8 Å². The maximum atomic E-state index is 14.0. The Labute approximate surface area is 339 Å². The molecule has 2 aliphatic heterocycles. The van der Waals surface area contributed by atoms with Crippen LogP contribution in [0.15, 0.2) is 110 Å². The van der Waals surface area contributed by atoms with Crippen LogP contribution in [0.5, 0.6) is 5.75 Å². The molecule has 0 saturated carbocycles. The Balaban J connectivity index is 0.991. The molecule has 3 aromatic heterocycles. The molecule has 2 amide bonds. The second kappa shape index (κ2) is 16.8. The van der Waals surface area contributed by atoms with E-state index in [0.717, 1.165) is 82.2 Å². The van der Waals surface area contributed by atoms with Crippen LogP contribution in [-0.2, 0) is 9.59 Å². The van der Waals surface area contributed by atoms with Crippen molar-refractivity contribution in [1.82, 2.24) is 44.5 Å². The lowest BCUT2D eigenvalue weighted by atomic mass is 10.0. The molecule has 0 spiro atoms. The highest BCUT2D eigenvalue weighted by molar-refractivity contribution is 5.85. The minimum Gasteiger partial charge on any atom is -0.496 e. The van der Waals surface area contributed by atoms with E-state index in [1.54, 1.807) is 7.11 Å². The van der Waals surface area contributed by atoms with Gasteiger partial charge in [0.15, 0.2) is 0 Å². The molecule has 0 unspecified atom stereocenters. The van der Waals surface area contributed by atoms with Crippen LogP contribution in [0.4, 0.5) is 0 Å². The summed E-state index contributed by atoms with van der Waals surface area (Å²) in [5.74, 6) is 2.41. The van der Waals surface area contributed by atoms with Crippen LogP contribution in [0.25, 0.3) is 33.8 Å². The monoisotopic (exact) mass is 777 g/mol. The van der Waals surface area contributed by atoms with E-state index >= 15 is 0 Å². The molecule has 12 nitrogen and oxygen atoms in total. The standard InChI is InChI=1S/C46H51N9O3/c1-52(2)41(30-14-8-6-9-15-30)45(56)54-24-12-18-38(54)43-48-28-36(50-43)33-20-22-35(47-27-33)32-21-23-40(58-5)34(26-32)37-29-49-44(51-37)39-19-13-25-55(39)46(57)42(53(3)4)31-16-10-7-11-17-31/h6-11,14-17,20-23,26-29,38-39,41-42H,12-13,18-19,24-25H2,1-5H3,(H,48,50)(H,49,51)/t38-,39-,41+,42+/m0/s1. The zero-order chi connectivity index (χ0) is 40.3. The number of benzene rings is 3. The third-order valence-electron chi connectivity index (χ3n) is 11.5. The van der Waals surface area contributed by atoms with Gasteiger partial charge in [-0.15, -0.1) is 0 Å². The van der Waals surface area contributed by atoms with Crippen molar-refractivity contribution in [2.75, 3.05) is 48.4 Å². The van der Waals surface area contributed by atoms with Gasteiger partial charge in [0.1, 0.15) is 29.5 Å². The first-order valence-corrected chi connectivity index (χ1v) is 20.0. The number of hydrogen-bond donors (Lipinski definition) is 2. The largest absolute Gasteiger partial charge is 0.496 e. The van der Waals surface area contributed by atoms with Gasteiger partial charge >= 0.3 is 0 Å². The topological polar surface area (TPSA) is 127 Å². The lowest BCUT2D eigenvalue weighted by molar-refractivity contribution is -0.138. The zero-order valence-electron chi connectivity index (χ0n) is 33.8. The van der Waals surface area contributed by atoms with Gasteiger partial charge in [-0.1, -0.05) is 60.7 Å². The molecule has 2 N–H and O–H groups in total. The first-order chi connectivity index (χ1) is 28.2. The highest BCUT2D eigenvalue weighted by atomic mass is 16.5. The summed E-state index contributed by atoms with van der Waals surface area (Å²) in [7, 11) is 9.46. The van der Waals surface area contributed by atoms with Gasteiger partial charge in [-0.2, -0.15) is 0 Å². The number of amides is 2. The third kappa shape index (κ3) is 7.65. The van der Waals surface area contributed by atoms with Gasteiger partial charge in [0.05, 0.1) is 48.7 Å². The Kier molecular flexibility index (Phi) is 11.2. The predicted molar refractivity (Wildman–Crippen MR) is 225 cm³/mol. The number of ether oxygens (including phenoxy) is 1. The summed E-state index contributed by atoms with van der Waals surface area (Å²) in [6, 6.07) is 28.9. The molecule has 12 heteroatoms. The number of likely N-dealkylation sites (tertiary alicyclic amines) is 2. The number of methoxy groups -OCH3 is 1. The van der Waals surface area contributed by atoms with E-state index in [2.05, 4.69) is 16.0 Å². The SMILES string of the molecule is COc1ccc(-c2ccc(-c3cnc([C@@H]4CCCN4C(=O)[C@@H](c4ccccc4)N(C)C)[nH]3)cn2)cc1-c1cnc([C@@H]2CCCN2C(=O)[C@@H](c2ccccc2)N(C)C)[nH]1. The Bertz CT molecular complexity index is 2340. The summed E-state index contributed by atoms with van der Waals surface area (Å²) in [5.41, 5.74) is 7.10. The van der Waals surface area contributed by atoms with Crippen molar-refractivity contribution in [2.45, 2.75) is 49.9 Å². The second-order valence-corrected chi connectivity index (χ2v) is 15.6. The molecule has 8 rings (SSSR count). The molecule has 2 fully saturated rings. The molecule has 298 valence electrons. The minimum absolute atomic E-state index is 0.0738. The number of H-pyrrole nitrogens is 2. The molecule has 6 aromatic rings. The number of rotatable bonds is 12. The number of hydrogen-bond acceptors (Lipinski definition) is 8. The number of aromatic nitrogens is 5. The van der Waals surface area contributed by atoms with Crippen molar-refractivity contribution < 1.29 is 14.3 Å². The van der Waals surface area contributed by atoms with Crippen LogP contribution in [-0.4, -0.2) is 105 Å². The molecule has 2 aliphatic rings. The van der Waals surface area contributed by atoms with Crippen molar-refractivity contribution in [3.8, 4) is 39.5 Å². The summed E-state index contributed by atoms with van der Waals surface area (Å²) in [6.45, 7) is 1.38. The molecular weight excluding hydrogens is 727 g/mol. The summed E-state index contributed by atoms with van der Waals surface area (Å²) in [4.78, 5) is 57.4. The number of aromatic amines is 2. The highest BCUT2D eigenvalue weighted by Gasteiger charge is 2.38. The maximum Gasteiger partial charge on any atom is 0.245 e. The fourth-order valence-electron chi connectivity index (χ4n) is 8.63. The van der Waals surface area contributed by atoms with Crippen molar-refractivity contribution >= 4 is 11.8 Å². The van der Waals surface area contributed by atoms with Gasteiger partial charge < -0.3 is 24.5 Å². The van der Waals surface area contributed by atoms with Crippen LogP contribution in [0.1, 0.15) is 72.6 Å². The van der Waals surface area contributed by atoms with Crippen molar-refractivity contribution in [3.05, 3.63) is 132 Å². The zero-order valence-corrected chi connectivity index (χ0v) is 33.8. The molecule has 3 aromatic carbocycles. The van der Waals surface area contributed by atoms with Crippen LogP contribution < -0.4 is 4.74 Å². The number of nitrogens with zero attached hydrogens (tertiary/aromatic N) is 7. The number of likely N-dealkylation sites (N-methyl/N-ethyl adjacent to an activating group) is 2. The Morgan fingerprint density at radius 2 is 1.17 bits per heavy atom. The van der Waals surface area contributed by atoms with E-state index in [1.807, 2.05) is 151 Å². The minimum atomic E-state index is -0.378. The van der Waals surface area contributed by atoms with Gasteiger partial charge in [-0.3, -0.25) is 24.4 Å². The Morgan fingerprint density at radius 3 is 1.67 bits per heavy atom. The molecule has 0 aliphatic carbocycles. The average molecular weight is 778 g/mol. The Morgan fingerprint density at radius 1 is 0.655 bits per heavy atom. The summed E-state index contributed by atoms with van der Waals surface area (Å²) < 4.78 is 5.81. The van der Waals surface area contributed by atoms with Crippen LogP contribution in [0.3, 0.4) is 0 Å². The fourth-order valence-corrected chi connectivity index (χ4v) is 8.63. The van der Waals surface area contributed by atoms with E-state index in [9.17, 15) is 9.59 Å². The molecule has 58 heavy (non-hydrogen) atoms. The quantitative estimate of drug-likeness (QED) is 0.131. The Hall–Kier alpha value is -6.11. The summed E-state index contributed by atoms with van der Waals surface area (Å²) in [5, 5.41) is 0. The highest BCUT2D eigenvalue weighted by Crippen LogP contribution is 2.39. The number of carbonyl (C=O) groups excluding carboxylic acids is 2. The van der Waals surface area contributed by atoms with Crippen molar-refractivity contribution in [3.63, 3.8) is 0 Å².